The van der Waals surface area contributed by atoms with Crippen molar-refractivity contribution in [2.24, 2.45) is 5.10 Å². The van der Waals surface area contributed by atoms with Crippen LogP contribution in [0.15, 0.2) is 90.0 Å². The van der Waals surface area contributed by atoms with E-state index in [1.54, 1.807) is 24.3 Å². The number of pyridine rings is 1. The van der Waals surface area contributed by atoms with Gasteiger partial charge < -0.3 is 9.47 Å². The Morgan fingerprint density at radius 2 is 1.62 bits per heavy atom. The molecule has 0 fully saturated rings. The summed E-state index contributed by atoms with van der Waals surface area (Å²) in [7, 11) is 0. The summed E-state index contributed by atoms with van der Waals surface area (Å²) >= 11 is 6.18. The molecule has 0 aliphatic rings. The van der Waals surface area contributed by atoms with E-state index in [9.17, 15) is 4.79 Å². The Morgan fingerprint density at radius 1 is 0.938 bits per heavy atom. The molecule has 4 rings (SSSR count). The molecule has 0 aliphatic carbocycles. The number of nitrogens with one attached hydrogen (secondary N) is 1. The third-order valence-electron chi connectivity index (χ3n) is 4.54. The Hall–Kier alpha value is -3.90. The molecule has 0 saturated heterocycles. The first-order chi connectivity index (χ1) is 15.7. The second-order valence-electron chi connectivity index (χ2n) is 6.89. The maximum absolute atomic E-state index is 12.0. The number of aromatic nitrogens is 1. The zero-order chi connectivity index (χ0) is 22.2. The Bertz CT molecular complexity index is 1230. The normalized spacial score (nSPS) is 10.9. The Balaban J connectivity index is 1.24. The quantitative estimate of drug-likeness (QED) is 0.235. The topological polar surface area (TPSA) is 72.8 Å². The molecule has 0 saturated carbocycles. The van der Waals surface area contributed by atoms with Gasteiger partial charge in [0.1, 0.15) is 23.3 Å². The first-order valence-corrected chi connectivity index (χ1v) is 10.3. The molecule has 0 radical (unpaired) electrons. The predicted octanol–water partition coefficient (Wildman–Crippen LogP) is 5.00. The van der Waals surface area contributed by atoms with Crippen LogP contribution >= 0.6 is 11.6 Å². The first kappa shape index (κ1) is 21.3. The van der Waals surface area contributed by atoms with E-state index in [4.69, 9.17) is 21.1 Å². The number of benzene rings is 3. The van der Waals surface area contributed by atoms with Gasteiger partial charge in [0.2, 0.25) is 0 Å². The first-order valence-electron chi connectivity index (χ1n) is 9.94. The van der Waals surface area contributed by atoms with Crippen LogP contribution in [-0.2, 0) is 11.4 Å². The zero-order valence-corrected chi connectivity index (χ0v) is 17.8. The minimum Gasteiger partial charge on any atom is -0.489 e. The van der Waals surface area contributed by atoms with Gasteiger partial charge in [-0.3, -0.25) is 4.79 Å². The molecule has 32 heavy (non-hydrogen) atoms. The van der Waals surface area contributed by atoms with Gasteiger partial charge in [0.05, 0.1) is 11.7 Å². The Morgan fingerprint density at radius 3 is 2.41 bits per heavy atom. The number of carbonyl (C=O) groups is 1. The van der Waals surface area contributed by atoms with Gasteiger partial charge in [-0.25, -0.2) is 10.4 Å². The number of hydrogen-bond donors (Lipinski definition) is 1. The number of rotatable bonds is 8. The molecule has 160 valence electrons. The zero-order valence-electron chi connectivity index (χ0n) is 17.1. The molecule has 0 atom stereocenters. The summed E-state index contributed by atoms with van der Waals surface area (Å²) in [5.41, 5.74) is 4.91. The highest BCUT2D eigenvalue weighted by Crippen LogP contribution is 2.20. The molecule has 1 aromatic heterocycles. The van der Waals surface area contributed by atoms with Crippen LogP contribution in [-0.4, -0.2) is 23.7 Å². The lowest BCUT2D eigenvalue weighted by molar-refractivity contribution is -0.123. The van der Waals surface area contributed by atoms with Crippen molar-refractivity contribution in [1.29, 1.82) is 0 Å². The van der Waals surface area contributed by atoms with Crippen molar-refractivity contribution in [3.63, 3.8) is 0 Å². The molecule has 0 unspecified atom stereocenters. The summed E-state index contributed by atoms with van der Waals surface area (Å²) in [6, 6.07) is 26.5. The lowest BCUT2D eigenvalue weighted by Gasteiger charge is -2.08. The SMILES string of the molecule is O=C(COc1ccc(OCc2ccccc2)cc1)NN=Cc1cc2ccccc2nc1Cl. The minimum absolute atomic E-state index is 0.175. The average molecular weight is 446 g/mol. The molecule has 4 aromatic rings. The molecule has 1 amide bonds. The number of amides is 1. The van der Waals surface area contributed by atoms with Crippen molar-refractivity contribution >= 4 is 34.6 Å². The summed E-state index contributed by atoms with van der Waals surface area (Å²) in [5.74, 6) is 0.879. The van der Waals surface area contributed by atoms with Crippen molar-refractivity contribution in [3.05, 3.63) is 101 Å². The van der Waals surface area contributed by atoms with Gasteiger partial charge in [-0.05, 0) is 42.0 Å². The van der Waals surface area contributed by atoms with E-state index in [1.165, 1.54) is 6.21 Å². The van der Waals surface area contributed by atoms with E-state index in [-0.39, 0.29) is 6.61 Å². The van der Waals surface area contributed by atoms with Crippen LogP contribution in [0.1, 0.15) is 11.1 Å². The predicted molar refractivity (Wildman–Crippen MR) is 125 cm³/mol. The fourth-order valence-corrected chi connectivity index (χ4v) is 3.12. The summed E-state index contributed by atoms with van der Waals surface area (Å²) < 4.78 is 11.2. The van der Waals surface area contributed by atoms with Crippen LogP contribution in [0.3, 0.4) is 0 Å². The number of para-hydroxylation sites is 1. The van der Waals surface area contributed by atoms with Crippen molar-refractivity contribution in [2.45, 2.75) is 6.61 Å². The number of carbonyl (C=O) groups excluding carboxylic acids is 1. The van der Waals surface area contributed by atoms with Crippen LogP contribution in [0.4, 0.5) is 0 Å². The second-order valence-corrected chi connectivity index (χ2v) is 7.25. The lowest BCUT2D eigenvalue weighted by atomic mass is 10.2. The molecule has 0 aliphatic heterocycles. The number of halogens is 1. The van der Waals surface area contributed by atoms with Gasteiger partial charge >= 0.3 is 0 Å². The molecule has 0 spiro atoms. The van der Waals surface area contributed by atoms with Gasteiger partial charge in [-0.1, -0.05) is 60.1 Å². The monoisotopic (exact) mass is 445 g/mol. The molecule has 0 bridgehead atoms. The maximum atomic E-state index is 12.0. The van der Waals surface area contributed by atoms with E-state index in [0.29, 0.717) is 23.1 Å². The minimum atomic E-state index is -0.393. The molecule has 1 heterocycles. The standard InChI is InChI=1S/C25H20ClN3O3/c26-25-20(14-19-8-4-5-9-23(19)28-25)15-27-29-24(30)17-32-22-12-10-21(11-13-22)31-16-18-6-2-1-3-7-18/h1-15H,16-17H2,(H,29,30). The lowest BCUT2D eigenvalue weighted by Crippen LogP contribution is -2.24. The van der Waals surface area contributed by atoms with Gasteiger partial charge in [-0.15, -0.1) is 0 Å². The van der Waals surface area contributed by atoms with Crippen molar-refractivity contribution in [1.82, 2.24) is 10.4 Å². The highest BCUT2D eigenvalue weighted by Gasteiger charge is 2.05. The van der Waals surface area contributed by atoms with E-state index >= 15 is 0 Å². The van der Waals surface area contributed by atoms with Gasteiger partial charge in [0, 0.05) is 10.9 Å². The van der Waals surface area contributed by atoms with Gasteiger partial charge in [0.15, 0.2) is 6.61 Å². The van der Waals surface area contributed by atoms with Crippen molar-refractivity contribution in [2.75, 3.05) is 6.61 Å². The van der Waals surface area contributed by atoms with Crippen LogP contribution < -0.4 is 14.9 Å². The fraction of sp³-hybridized carbons (Fsp3) is 0.0800. The summed E-state index contributed by atoms with van der Waals surface area (Å²) in [4.78, 5) is 16.3. The summed E-state index contributed by atoms with van der Waals surface area (Å²) in [6.45, 7) is 0.309. The number of hydrazone groups is 1. The fourth-order valence-electron chi connectivity index (χ4n) is 2.93. The Kier molecular flexibility index (Phi) is 6.94. The van der Waals surface area contributed by atoms with Crippen LogP contribution in [0.2, 0.25) is 5.15 Å². The molecular formula is C25H20ClN3O3. The molecular weight excluding hydrogens is 426 g/mol. The van der Waals surface area contributed by atoms with E-state index in [0.717, 1.165) is 22.2 Å². The van der Waals surface area contributed by atoms with Crippen molar-refractivity contribution in [3.8, 4) is 11.5 Å². The number of hydrogen-bond acceptors (Lipinski definition) is 5. The number of nitrogens with zero attached hydrogens (tertiary/aromatic N) is 2. The van der Waals surface area contributed by atoms with E-state index in [2.05, 4.69) is 15.5 Å². The third-order valence-corrected chi connectivity index (χ3v) is 4.84. The van der Waals surface area contributed by atoms with Crippen LogP contribution in [0.25, 0.3) is 10.9 Å². The smallest absolute Gasteiger partial charge is 0.277 e. The van der Waals surface area contributed by atoms with Gasteiger partial charge in [-0.2, -0.15) is 5.10 Å². The average Bonchev–Trinajstić information content (AvgIpc) is 2.83. The largest absolute Gasteiger partial charge is 0.489 e. The third kappa shape index (κ3) is 5.83. The number of ether oxygens (including phenoxy) is 2. The highest BCUT2D eigenvalue weighted by atomic mass is 35.5. The Labute approximate surface area is 190 Å². The van der Waals surface area contributed by atoms with Crippen LogP contribution in [0, 0.1) is 0 Å². The molecule has 6 nitrogen and oxygen atoms in total. The van der Waals surface area contributed by atoms with E-state index < -0.39 is 5.91 Å². The van der Waals surface area contributed by atoms with Crippen LogP contribution in [0.5, 0.6) is 11.5 Å². The maximum Gasteiger partial charge on any atom is 0.277 e. The number of fused-ring (bicyclic) bond motifs is 1. The molecule has 1 N–H and O–H groups in total. The molecule has 7 heteroatoms. The highest BCUT2D eigenvalue weighted by molar-refractivity contribution is 6.32. The molecule has 3 aromatic carbocycles. The summed E-state index contributed by atoms with van der Waals surface area (Å²) in [5, 5.41) is 5.19. The van der Waals surface area contributed by atoms with Crippen molar-refractivity contribution < 1.29 is 14.3 Å². The van der Waals surface area contributed by atoms with E-state index in [1.807, 2.05) is 60.7 Å². The second kappa shape index (κ2) is 10.4. The summed E-state index contributed by atoms with van der Waals surface area (Å²) in [6.07, 6.45) is 1.46. The van der Waals surface area contributed by atoms with Gasteiger partial charge in [0.25, 0.3) is 5.91 Å².